The van der Waals surface area contributed by atoms with Crippen LogP contribution in [-0.4, -0.2) is 51.1 Å². The standard InChI is InChI=1S/C30H29ClN6O2/c1-30(15-27(38)39)18-37(26-6-4-3-5-24(26)30)28-25(31)16-33-29(35-28)34-21-13-20-17-36(2)12-9-22(20)23(14-21)19-7-10-32-11-8-19/h3-8,10-11,13-14,16H,9,12,15,17-18H2,1-2H3,(H,38,39)(H,33,34,35). The molecule has 9 heteroatoms. The molecule has 2 aliphatic heterocycles. The van der Waals surface area contributed by atoms with Crippen LogP contribution in [0.5, 0.6) is 0 Å². The number of benzene rings is 2. The zero-order valence-electron chi connectivity index (χ0n) is 21.9. The van der Waals surface area contributed by atoms with Gasteiger partial charge < -0.3 is 20.2 Å². The smallest absolute Gasteiger partial charge is 0.304 e. The molecule has 0 saturated heterocycles. The third-order valence-corrected chi connectivity index (χ3v) is 7.92. The van der Waals surface area contributed by atoms with E-state index in [1.165, 1.54) is 16.7 Å². The quantitative estimate of drug-likeness (QED) is 0.316. The lowest BCUT2D eigenvalue weighted by atomic mass is 9.81. The summed E-state index contributed by atoms with van der Waals surface area (Å²) >= 11 is 6.64. The molecule has 198 valence electrons. The molecule has 4 heterocycles. The Morgan fingerprint density at radius 1 is 1.18 bits per heavy atom. The highest BCUT2D eigenvalue weighted by molar-refractivity contribution is 6.33. The van der Waals surface area contributed by atoms with Gasteiger partial charge in [0, 0.05) is 48.8 Å². The first-order valence-corrected chi connectivity index (χ1v) is 13.3. The second-order valence-corrected chi connectivity index (χ2v) is 11.0. The van der Waals surface area contributed by atoms with Crippen LogP contribution in [0.1, 0.15) is 30.0 Å². The number of hydrogen-bond acceptors (Lipinski definition) is 7. The minimum absolute atomic E-state index is 0.00960. The summed E-state index contributed by atoms with van der Waals surface area (Å²) in [4.78, 5) is 29.5. The molecule has 2 aromatic carbocycles. The molecule has 39 heavy (non-hydrogen) atoms. The largest absolute Gasteiger partial charge is 0.481 e. The van der Waals surface area contributed by atoms with Crippen molar-refractivity contribution >= 4 is 40.7 Å². The molecule has 2 N–H and O–H groups in total. The van der Waals surface area contributed by atoms with E-state index in [1.807, 2.05) is 60.6 Å². The number of halogens is 1. The summed E-state index contributed by atoms with van der Waals surface area (Å²) in [6, 6.07) is 16.2. The Balaban J connectivity index is 1.37. The number of carbonyl (C=O) groups is 1. The Bertz CT molecular complexity index is 1560. The number of rotatable bonds is 6. The third-order valence-electron chi connectivity index (χ3n) is 7.65. The Labute approximate surface area is 232 Å². The van der Waals surface area contributed by atoms with Crippen LogP contribution in [0.3, 0.4) is 0 Å². The Hall–Kier alpha value is -4.01. The summed E-state index contributed by atoms with van der Waals surface area (Å²) < 4.78 is 0. The third kappa shape index (κ3) is 4.82. The molecule has 6 rings (SSSR count). The van der Waals surface area contributed by atoms with Crippen LogP contribution in [0.25, 0.3) is 11.1 Å². The summed E-state index contributed by atoms with van der Waals surface area (Å²) in [5.41, 5.74) is 7.12. The Morgan fingerprint density at radius 2 is 1.97 bits per heavy atom. The average Bonchev–Trinajstić information content (AvgIpc) is 3.21. The lowest BCUT2D eigenvalue weighted by Crippen LogP contribution is -2.31. The molecule has 0 aliphatic carbocycles. The molecule has 4 aromatic rings. The van der Waals surface area contributed by atoms with Gasteiger partial charge in [-0.25, -0.2) is 4.98 Å². The fraction of sp³-hybridized carbons (Fsp3) is 0.267. The normalized spacial score (nSPS) is 18.5. The maximum Gasteiger partial charge on any atom is 0.304 e. The molecule has 8 nitrogen and oxygen atoms in total. The van der Waals surface area contributed by atoms with Crippen LogP contribution in [0.2, 0.25) is 5.02 Å². The number of para-hydroxylation sites is 1. The fourth-order valence-corrected chi connectivity index (χ4v) is 6.04. The van der Waals surface area contributed by atoms with Crippen molar-refractivity contribution in [2.45, 2.75) is 31.7 Å². The Kier molecular flexibility index (Phi) is 6.45. The van der Waals surface area contributed by atoms with Crippen LogP contribution in [-0.2, 0) is 23.2 Å². The number of carboxylic acids is 1. The van der Waals surface area contributed by atoms with E-state index < -0.39 is 11.4 Å². The van der Waals surface area contributed by atoms with Crippen LogP contribution in [0, 0.1) is 0 Å². The van der Waals surface area contributed by atoms with Gasteiger partial charge in [0.05, 0.1) is 12.6 Å². The molecule has 2 aromatic heterocycles. The SMILES string of the molecule is CN1CCc2c(cc(Nc3ncc(Cl)c(N4CC(C)(CC(=O)O)c5ccccc54)n3)cc2-c2ccncc2)C1. The van der Waals surface area contributed by atoms with E-state index in [2.05, 4.69) is 39.4 Å². The highest BCUT2D eigenvalue weighted by Gasteiger charge is 2.42. The minimum atomic E-state index is -0.839. The van der Waals surface area contributed by atoms with Crippen LogP contribution in [0.15, 0.2) is 67.1 Å². The van der Waals surface area contributed by atoms with Gasteiger partial charge in [0.25, 0.3) is 0 Å². The van der Waals surface area contributed by atoms with Crippen molar-refractivity contribution in [1.29, 1.82) is 0 Å². The average molecular weight is 541 g/mol. The molecule has 1 unspecified atom stereocenters. The molecule has 0 fully saturated rings. The molecule has 0 saturated carbocycles. The number of likely N-dealkylation sites (N-methyl/N-ethyl adjacent to an activating group) is 1. The van der Waals surface area contributed by atoms with Gasteiger partial charge in [-0.05, 0) is 71.6 Å². The van der Waals surface area contributed by atoms with Crippen molar-refractivity contribution in [1.82, 2.24) is 19.9 Å². The van der Waals surface area contributed by atoms with E-state index in [0.29, 0.717) is 23.3 Å². The molecule has 0 bridgehead atoms. The number of hydrogen-bond donors (Lipinski definition) is 2. The van der Waals surface area contributed by atoms with E-state index in [1.54, 1.807) is 6.20 Å². The minimum Gasteiger partial charge on any atom is -0.481 e. The van der Waals surface area contributed by atoms with Crippen LogP contribution >= 0.6 is 11.6 Å². The van der Waals surface area contributed by atoms with Gasteiger partial charge in [-0.2, -0.15) is 4.98 Å². The number of pyridine rings is 1. The zero-order chi connectivity index (χ0) is 27.1. The van der Waals surface area contributed by atoms with Crippen molar-refractivity contribution < 1.29 is 9.90 Å². The zero-order valence-corrected chi connectivity index (χ0v) is 22.6. The van der Waals surface area contributed by atoms with Crippen molar-refractivity contribution in [3.63, 3.8) is 0 Å². The lowest BCUT2D eigenvalue weighted by Gasteiger charge is -2.28. The fourth-order valence-electron chi connectivity index (χ4n) is 5.85. The van der Waals surface area contributed by atoms with Gasteiger partial charge in [-0.3, -0.25) is 9.78 Å². The highest BCUT2D eigenvalue weighted by Crippen LogP contribution is 2.47. The summed E-state index contributed by atoms with van der Waals surface area (Å²) in [5, 5.41) is 13.4. The summed E-state index contributed by atoms with van der Waals surface area (Å²) in [7, 11) is 2.13. The number of fused-ring (bicyclic) bond motifs is 2. The van der Waals surface area contributed by atoms with E-state index >= 15 is 0 Å². The number of carboxylic acid groups (broad SMARTS) is 1. The predicted molar refractivity (Wildman–Crippen MR) is 153 cm³/mol. The highest BCUT2D eigenvalue weighted by atomic mass is 35.5. The first kappa shape index (κ1) is 25.3. The molecular weight excluding hydrogens is 512 g/mol. The van der Waals surface area contributed by atoms with Gasteiger partial charge >= 0.3 is 5.97 Å². The topological polar surface area (TPSA) is 94.5 Å². The summed E-state index contributed by atoms with van der Waals surface area (Å²) in [6.07, 6.45) is 6.22. The molecule has 2 aliphatic rings. The van der Waals surface area contributed by atoms with Crippen molar-refractivity contribution in [2.75, 3.05) is 30.4 Å². The van der Waals surface area contributed by atoms with Crippen LogP contribution in [0.4, 0.5) is 23.1 Å². The Morgan fingerprint density at radius 3 is 2.77 bits per heavy atom. The second-order valence-electron chi connectivity index (χ2n) is 10.6. The van der Waals surface area contributed by atoms with Crippen molar-refractivity contribution in [2.24, 2.45) is 0 Å². The number of aromatic nitrogens is 3. The van der Waals surface area contributed by atoms with E-state index in [4.69, 9.17) is 16.6 Å². The van der Waals surface area contributed by atoms with Crippen molar-refractivity contribution in [3.8, 4) is 11.1 Å². The molecule has 0 radical (unpaired) electrons. The molecule has 1 atom stereocenters. The van der Waals surface area contributed by atoms with Gasteiger partial charge in [-0.15, -0.1) is 0 Å². The predicted octanol–water partition coefficient (Wildman–Crippen LogP) is 5.81. The summed E-state index contributed by atoms with van der Waals surface area (Å²) in [6.45, 7) is 4.30. The number of aliphatic carboxylic acids is 1. The lowest BCUT2D eigenvalue weighted by molar-refractivity contribution is -0.138. The summed E-state index contributed by atoms with van der Waals surface area (Å²) in [5.74, 6) is 0.125. The van der Waals surface area contributed by atoms with E-state index in [9.17, 15) is 9.90 Å². The first-order chi connectivity index (χ1) is 18.8. The molecule has 0 amide bonds. The maximum atomic E-state index is 11.7. The number of nitrogens with zero attached hydrogens (tertiary/aromatic N) is 5. The van der Waals surface area contributed by atoms with Gasteiger partial charge in [0.15, 0.2) is 5.82 Å². The van der Waals surface area contributed by atoms with E-state index in [0.717, 1.165) is 42.0 Å². The maximum absolute atomic E-state index is 11.7. The monoisotopic (exact) mass is 540 g/mol. The van der Waals surface area contributed by atoms with Gasteiger partial charge in [-0.1, -0.05) is 36.7 Å². The second kappa shape index (κ2) is 9.94. The van der Waals surface area contributed by atoms with E-state index in [-0.39, 0.29) is 6.42 Å². The van der Waals surface area contributed by atoms with Gasteiger partial charge in [0.2, 0.25) is 5.95 Å². The molecule has 0 spiro atoms. The van der Waals surface area contributed by atoms with Crippen LogP contribution < -0.4 is 10.2 Å². The number of nitrogens with one attached hydrogen (secondary N) is 1. The number of anilines is 4. The van der Waals surface area contributed by atoms with Crippen molar-refractivity contribution in [3.05, 3.63) is 88.8 Å². The molecular formula is C30H29ClN6O2. The van der Waals surface area contributed by atoms with Gasteiger partial charge in [0.1, 0.15) is 5.02 Å². The first-order valence-electron chi connectivity index (χ1n) is 12.9.